The van der Waals surface area contributed by atoms with Gasteiger partial charge in [-0.1, -0.05) is 34.6 Å². The zero-order chi connectivity index (χ0) is 20.4. The molecule has 0 radical (unpaired) electrons. The number of carbonyl (C=O) groups excluding carboxylic acids is 1. The first kappa shape index (κ1) is 21.7. The molecule has 27 heavy (non-hydrogen) atoms. The highest BCUT2D eigenvalue weighted by atomic mass is 28.4. The van der Waals surface area contributed by atoms with E-state index in [4.69, 9.17) is 13.9 Å². The largest absolute Gasteiger partial charge is 0.407 e. The normalized spacial score (nSPS) is 26.3. The van der Waals surface area contributed by atoms with Crippen LogP contribution in [-0.2, 0) is 18.7 Å². The third kappa shape index (κ3) is 4.01. The van der Waals surface area contributed by atoms with Gasteiger partial charge in [-0.2, -0.15) is 0 Å². The summed E-state index contributed by atoms with van der Waals surface area (Å²) in [5, 5.41) is -0.0465. The summed E-state index contributed by atoms with van der Waals surface area (Å²) < 4.78 is 19.3. The van der Waals surface area contributed by atoms with Gasteiger partial charge in [0.25, 0.3) is 5.56 Å². The van der Waals surface area contributed by atoms with Crippen molar-refractivity contribution < 1.29 is 18.7 Å². The molecule has 0 spiro atoms. The summed E-state index contributed by atoms with van der Waals surface area (Å²) in [4.78, 5) is 37.5. The molecule has 0 aliphatic carbocycles. The summed E-state index contributed by atoms with van der Waals surface area (Å²) in [6.07, 6.45) is -0.958. The van der Waals surface area contributed by atoms with Gasteiger partial charge in [-0.05, 0) is 17.1 Å². The van der Waals surface area contributed by atoms with Gasteiger partial charge in [-0.15, -0.1) is 0 Å². The highest BCUT2D eigenvalue weighted by molar-refractivity contribution is 6.76. The molecule has 0 amide bonds. The Morgan fingerprint density at radius 2 is 1.89 bits per heavy atom. The lowest BCUT2D eigenvalue weighted by Gasteiger charge is -2.44. The Hall–Kier alpha value is -1.55. The van der Waals surface area contributed by atoms with Crippen LogP contribution in [-0.4, -0.2) is 49.6 Å². The van der Waals surface area contributed by atoms with E-state index in [9.17, 15) is 14.4 Å². The van der Waals surface area contributed by atoms with Crippen molar-refractivity contribution in [3.63, 3.8) is 0 Å². The number of methoxy groups -OCH3 is 1. The number of aldehydes is 1. The molecule has 1 aliphatic heterocycles. The number of hydrogen-bond donors (Lipinski definition) is 1. The molecule has 0 bridgehead atoms. The number of hydrogen-bond acceptors (Lipinski definition) is 6. The Balaban J connectivity index is 2.45. The molecule has 9 heteroatoms. The number of rotatable bonds is 7. The van der Waals surface area contributed by atoms with E-state index in [-0.39, 0.29) is 5.04 Å². The molecule has 4 atom stereocenters. The van der Waals surface area contributed by atoms with E-state index in [2.05, 4.69) is 39.6 Å². The summed E-state index contributed by atoms with van der Waals surface area (Å²) in [6.45, 7) is 10.7. The second-order valence-corrected chi connectivity index (χ2v) is 13.0. The van der Waals surface area contributed by atoms with Gasteiger partial charge < -0.3 is 18.7 Å². The number of H-pyrrole nitrogens is 1. The van der Waals surface area contributed by atoms with Gasteiger partial charge in [-0.25, -0.2) is 4.79 Å². The molecule has 0 unspecified atom stereocenters. The molecule has 1 aliphatic rings. The van der Waals surface area contributed by atoms with Crippen LogP contribution >= 0.6 is 0 Å². The second-order valence-electron chi connectivity index (χ2n) is 7.88. The minimum Gasteiger partial charge on any atom is -0.407 e. The van der Waals surface area contributed by atoms with E-state index in [0.29, 0.717) is 6.29 Å². The molecule has 2 heterocycles. The molecule has 0 aromatic carbocycles. The van der Waals surface area contributed by atoms with Gasteiger partial charge in [0.2, 0.25) is 0 Å². The van der Waals surface area contributed by atoms with Gasteiger partial charge in [0, 0.05) is 19.4 Å². The van der Waals surface area contributed by atoms with Gasteiger partial charge in [0.15, 0.2) is 20.8 Å². The summed E-state index contributed by atoms with van der Waals surface area (Å²) in [5.74, 6) is 0. The fraction of sp³-hybridized carbons (Fsp3) is 0.722. The Morgan fingerprint density at radius 1 is 1.26 bits per heavy atom. The van der Waals surface area contributed by atoms with Crippen LogP contribution in [0.15, 0.2) is 21.9 Å². The van der Waals surface area contributed by atoms with Crippen molar-refractivity contribution in [1.82, 2.24) is 9.55 Å². The Labute approximate surface area is 160 Å². The predicted molar refractivity (Wildman–Crippen MR) is 103 cm³/mol. The zero-order valence-corrected chi connectivity index (χ0v) is 17.9. The predicted octanol–water partition coefficient (Wildman–Crippen LogP) is 1.82. The Kier molecular flexibility index (Phi) is 6.62. The lowest BCUT2D eigenvalue weighted by molar-refractivity contribution is -0.122. The van der Waals surface area contributed by atoms with Gasteiger partial charge in [-0.3, -0.25) is 14.3 Å². The van der Waals surface area contributed by atoms with Crippen LogP contribution in [0.4, 0.5) is 0 Å². The number of nitrogens with zero attached hydrogens (tertiary/aromatic N) is 1. The molecule has 2 rings (SSSR count). The fourth-order valence-electron chi connectivity index (χ4n) is 3.93. The van der Waals surface area contributed by atoms with Crippen molar-refractivity contribution in [1.29, 1.82) is 0 Å². The van der Waals surface area contributed by atoms with Gasteiger partial charge >= 0.3 is 5.69 Å². The fourth-order valence-corrected chi connectivity index (χ4v) is 8.02. The molecule has 1 saturated heterocycles. The Bertz CT molecular complexity index is 764. The van der Waals surface area contributed by atoms with Crippen molar-refractivity contribution in [2.24, 2.45) is 0 Å². The van der Waals surface area contributed by atoms with Crippen LogP contribution in [0.2, 0.25) is 17.1 Å². The first-order chi connectivity index (χ1) is 12.6. The summed E-state index contributed by atoms with van der Waals surface area (Å²) >= 11 is 0. The average Bonchev–Trinajstić information content (AvgIpc) is 2.95. The standard InChI is InChI=1S/C18H30N2O6Si/c1-7-27(8-2,18(3,4)5)26-14-12(11-21)25-16(15(14)24-6)20-10-9-13(22)19-17(20)23/h9-12,14-16H,7-8H2,1-6H3,(H,19,22,23)/t12-,14-,15-,16-/m1/s1. The molecule has 152 valence electrons. The molecular formula is C18H30N2O6Si. The van der Waals surface area contributed by atoms with Crippen molar-refractivity contribution >= 4 is 14.6 Å². The highest BCUT2D eigenvalue weighted by Gasteiger charge is 2.53. The zero-order valence-electron chi connectivity index (χ0n) is 16.9. The summed E-state index contributed by atoms with van der Waals surface area (Å²) in [6, 6.07) is 3.00. The number of aromatic amines is 1. The average molecular weight is 399 g/mol. The van der Waals surface area contributed by atoms with E-state index in [1.807, 2.05) is 0 Å². The van der Waals surface area contributed by atoms with Crippen molar-refractivity contribution in [3.05, 3.63) is 33.1 Å². The topological polar surface area (TPSA) is 99.6 Å². The van der Waals surface area contributed by atoms with E-state index in [1.165, 1.54) is 23.9 Å². The van der Waals surface area contributed by atoms with Crippen molar-refractivity contribution in [2.75, 3.05) is 7.11 Å². The number of aromatic nitrogens is 2. The lowest BCUT2D eigenvalue weighted by Crippen LogP contribution is -2.53. The molecule has 1 aromatic rings. The monoisotopic (exact) mass is 398 g/mol. The summed E-state index contributed by atoms with van der Waals surface area (Å²) in [5.41, 5.74) is -1.12. The van der Waals surface area contributed by atoms with E-state index >= 15 is 0 Å². The molecule has 1 N–H and O–H groups in total. The quantitative estimate of drug-likeness (QED) is 0.555. The first-order valence-electron chi connectivity index (χ1n) is 9.27. The molecule has 8 nitrogen and oxygen atoms in total. The maximum Gasteiger partial charge on any atom is 0.330 e. The minimum absolute atomic E-state index is 0.0465. The summed E-state index contributed by atoms with van der Waals surface area (Å²) in [7, 11) is -0.744. The highest BCUT2D eigenvalue weighted by Crippen LogP contribution is 2.45. The SMILES string of the molecule is CC[Si](CC)(O[C@H]1[C@@H](OC)[C@H](n2ccc(=O)[nH]c2=O)O[C@@H]1C=O)C(C)(C)C. The van der Waals surface area contributed by atoms with Gasteiger partial charge in [0.05, 0.1) is 0 Å². The maximum absolute atomic E-state index is 12.2. The smallest absolute Gasteiger partial charge is 0.330 e. The lowest BCUT2D eigenvalue weighted by atomic mass is 10.1. The third-order valence-electron chi connectivity index (χ3n) is 5.63. The van der Waals surface area contributed by atoms with Crippen LogP contribution in [0, 0.1) is 0 Å². The number of carbonyl (C=O) groups is 1. The van der Waals surface area contributed by atoms with Gasteiger partial charge in [0.1, 0.15) is 18.3 Å². The molecular weight excluding hydrogens is 368 g/mol. The van der Waals surface area contributed by atoms with E-state index in [1.54, 1.807) is 0 Å². The van der Waals surface area contributed by atoms with E-state index < -0.39 is 44.1 Å². The van der Waals surface area contributed by atoms with Crippen molar-refractivity contribution in [3.8, 4) is 0 Å². The van der Waals surface area contributed by atoms with Crippen LogP contribution < -0.4 is 11.2 Å². The van der Waals surface area contributed by atoms with Crippen LogP contribution in [0.5, 0.6) is 0 Å². The molecule has 0 saturated carbocycles. The Morgan fingerprint density at radius 3 is 2.33 bits per heavy atom. The number of ether oxygens (including phenoxy) is 2. The number of nitrogens with one attached hydrogen (secondary N) is 1. The first-order valence-corrected chi connectivity index (χ1v) is 11.6. The van der Waals surface area contributed by atoms with Crippen molar-refractivity contribution in [2.45, 2.75) is 76.3 Å². The molecule has 1 aromatic heterocycles. The maximum atomic E-state index is 12.2. The second kappa shape index (κ2) is 8.22. The minimum atomic E-state index is -2.24. The van der Waals surface area contributed by atoms with E-state index in [0.717, 1.165) is 12.1 Å². The van der Waals surface area contributed by atoms with Crippen LogP contribution in [0.1, 0.15) is 40.8 Å². The van der Waals surface area contributed by atoms with Crippen LogP contribution in [0.3, 0.4) is 0 Å². The molecule has 1 fully saturated rings. The third-order valence-corrected chi connectivity index (χ3v) is 11.4. The van der Waals surface area contributed by atoms with Crippen LogP contribution in [0.25, 0.3) is 0 Å².